The predicted molar refractivity (Wildman–Crippen MR) is 161 cm³/mol. The van der Waals surface area contributed by atoms with Crippen LogP contribution in [0.2, 0.25) is 0 Å². The second kappa shape index (κ2) is 16.6. The van der Waals surface area contributed by atoms with Gasteiger partial charge in [-0.05, 0) is 25.7 Å². The van der Waals surface area contributed by atoms with Gasteiger partial charge in [0, 0.05) is 26.2 Å². The Balaban J connectivity index is 0.000000270. The normalized spacial score (nSPS) is 23.9. The molecule has 0 aromatic rings. The molecule has 30 heteroatoms. The molecule has 26 nitrogen and oxygen atoms in total. The zero-order chi connectivity index (χ0) is 37.7. The highest BCUT2D eigenvalue weighted by molar-refractivity contribution is 7.88. The summed E-state index contributed by atoms with van der Waals surface area (Å²) < 4.78 is 121. The third-order valence-corrected chi connectivity index (χ3v) is 9.24. The predicted octanol–water partition coefficient (Wildman–Crippen LogP) is -5.05. The first kappa shape index (κ1) is 41.5. The number of piperidine rings is 2. The van der Waals surface area contributed by atoms with Crippen LogP contribution in [0.1, 0.15) is 25.7 Å². The van der Waals surface area contributed by atoms with Crippen molar-refractivity contribution >= 4 is 64.8 Å². The third kappa shape index (κ3) is 12.7. The van der Waals surface area contributed by atoms with Crippen LogP contribution in [0.3, 0.4) is 0 Å². The number of nitrogens with two attached hydrogens (primary N) is 1. The molecular formula is C20H36N8O18S4. The summed E-state index contributed by atoms with van der Waals surface area (Å²) in [5.74, 6) is -1.06. The summed E-state index contributed by atoms with van der Waals surface area (Å²) in [6.45, 7) is -0.601. The van der Waals surface area contributed by atoms with Gasteiger partial charge in [-0.1, -0.05) is 0 Å². The zero-order valence-electron chi connectivity index (χ0n) is 26.0. The van der Waals surface area contributed by atoms with Crippen molar-refractivity contribution in [2.45, 2.75) is 49.9 Å². The van der Waals surface area contributed by atoms with Crippen molar-refractivity contribution in [1.82, 2.24) is 34.9 Å². The van der Waals surface area contributed by atoms with Crippen LogP contribution in [-0.2, 0) is 68.8 Å². The molecule has 288 valence electrons. The van der Waals surface area contributed by atoms with Crippen molar-refractivity contribution in [3.8, 4) is 0 Å². The first-order valence-corrected chi connectivity index (χ1v) is 20.4. The van der Waals surface area contributed by atoms with Crippen LogP contribution in [0.4, 0.5) is 9.59 Å². The highest BCUT2D eigenvalue weighted by Gasteiger charge is 2.50. The number of Topliss-reactive ketones (excluding diaryl/α,β-unsaturated/α-hetero) is 1. The maximum atomic E-state index is 12.2. The molecule has 4 atom stereocenters. The van der Waals surface area contributed by atoms with Gasteiger partial charge in [0.2, 0.25) is 10.0 Å². The summed E-state index contributed by atoms with van der Waals surface area (Å²) in [6.07, 6.45) is 2.08. The topological polar surface area (TPSA) is 357 Å². The van der Waals surface area contributed by atoms with Crippen LogP contribution in [0.25, 0.3) is 0 Å². The number of carbonyl (C=O) groups excluding carboxylic acids is 4. The molecule has 4 rings (SSSR count). The van der Waals surface area contributed by atoms with E-state index in [1.54, 1.807) is 0 Å². The summed E-state index contributed by atoms with van der Waals surface area (Å²) in [5.41, 5.74) is 2.11. The minimum atomic E-state index is -4.85. The van der Waals surface area contributed by atoms with Gasteiger partial charge in [0.05, 0.1) is 37.6 Å². The molecule has 4 bridgehead atoms. The average Bonchev–Trinajstić information content (AvgIpc) is 3.34. The molecule has 4 aliphatic rings. The summed E-state index contributed by atoms with van der Waals surface area (Å²) in [4.78, 5) is 55.6. The van der Waals surface area contributed by atoms with Gasteiger partial charge < -0.3 is 14.5 Å². The minimum absolute atomic E-state index is 0.0511. The number of hydrogen-bond acceptors (Lipinski definition) is 16. The number of ketones is 1. The molecule has 7 N–H and O–H groups in total. The standard InChI is InChI=1S/2C10H18N4O9S2/c1-24(17,18)11-4-5-22-12-9(15)8-3-2-7-6-13(8)10(16)14(7)23-25(19,20)21;11-24(17,18)12-3-4-22-6-9(15)8-2-1-7-5-13(8)10(16)14(7)23-25(19,20)21/h7-8,11H,2-6H2,1H3,(H,12,15)(H,19,20,21);7-8,12H,1-6H2,(H2,11,17,18)(H,19,20,21)/t2*7-,8+/m11/s1. The first-order chi connectivity index (χ1) is 23.0. The number of nitrogens with zero attached hydrogens (tertiary/aromatic N) is 4. The Morgan fingerprint density at radius 2 is 1.26 bits per heavy atom. The van der Waals surface area contributed by atoms with E-state index in [1.165, 1.54) is 0 Å². The number of urea groups is 2. The second-order valence-electron chi connectivity index (χ2n) is 11.0. The Bertz CT molecular complexity index is 1600. The Morgan fingerprint density at radius 1 is 0.780 bits per heavy atom. The molecule has 0 radical (unpaired) electrons. The fourth-order valence-corrected chi connectivity index (χ4v) is 6.86. The monoisotopic (exact) mass is 804 g/mol. The molecule has 4 fully saturated rings. The lowest BCUT2D eigenvalue weighted by Crippen LogP contribution is -2.50. The number of carbonyl (C=O) groups is 4. The summed E-state index contributed by atoms with van der Waals surface area (Å²) >= 11 is 0. The molecule has 4 saturated heterocycles. The molecule has 4 heterocycles. The van der Waals surface area contributed by atoms with Gasteiger partial charge in [0.25, 0.3) is 16.1 Å². The zero-order valence-corrected chi connectivity index (χ0v) is 29.3. The maximum absolute atomic E-state index is 12.2. The number of fused-ring (bicyclic) bond motifs is 4. The number of sulfonamides is 1. The van der Waals surface area contributed by atoms with Gasteiger partial charge in [-0.25, -0.2) is 38.1 Å². The number of amides is 5. The van der Waals surface area contributed by atoms with Gasteiger partial charge in [-0.2, -0.15) is 35.4 Å². The Labute approximate surface area is 286 Å². The molecule has 0 aliphatic carbocycles. The Hall–Kier alpha value is -2.88. The highest BCUT2D eigenvalue weighted by Crippen LogP contribution is 2.32. The van der Waals surface area contributed by atoms with E-state index in [1.807, 2.05) is 4.72 Å². The number of hydrogen-bond donors (Lipinski definition) is 6. The van der Waals surface area contributed by atoms with Crippen LogP contribution in [0.15, 0.2) is 0 Å². The van der Waals surface area contributed by atoms with E-state index in [2.05, 4.69) is 18.8 Å². The second-order valence-corrected chi connectivity index (χ2v) is 16.2. The fourth-order valence-electron chi connectivity index (χ4n) is 5.26. The molecule has 0 aromatic carbocycles. The molecular weight excluding hydrogens is 769 g/mol. The molecule has 0 unspecified atom stereocenters. The van der Waals surface area contributed by atoms with E-state index in [0.29, 0.717) is 16.5 Å². The van der Waals surface area contributed by atoms with Crippen LogP contribution < -0.4 is 20.1 Å². The summed E-state index contributed by atoms with van der Waals surface area (Å²) in [7, 11) is -16.9. The largest absolute Gasteiger partial charge is 0.418 e. The van der Waals surface area contributed by atoms with Crippen molar-refractivity contribution in [3.63, 3.8) is 0 Å². The first-order valence-electron chi connectivity index (χ1n) is 14.2. The molecule has 5 amide bonds. The van der Waals surface area contributed by atoms with Crippen molar-refractivity contribution < 1.29 is 80.1 Å². The maximum Gasteiger partial charge on any atom is 0.418 e. The lowest BCUT2D eigenvalue weighted by molar-refractivity contribution is -0.138. The Morgan fingerprint density at radius 3 is 1.74 bits per heavy atom. The van der Waals surface area contributed by atoms with Crippen molar-refractivity contribution in [2.75, 3.05) is 52.3 Å². The van der Waals surface area contributed by atoms with Crippen molar-refractivity contribution in [1.29, 1.82) is 0 Å². The van der Waals surface area contributed by atoms with Gasteiger partial charge in [-0.3, -0.25) is 23.5 Å². The van der Waals surface area contributed by atoms with E-state index in [-0.39, 0.29) is 65.3 Å². The average molecular weight is 805 g/mol. The minimum Gasteiger partial charge on any atom is -0.372 e. The number of nitrogens with one attached hydrogen (secondary N) is 3. The van der Waals surface area contributed by atoms with Gasteiger partial charge in [0.15, 0.2) is 5.78 Å². The van der Waals surface area contributed by atoms with E-state index in [4.69, 9.17) is 23.8 Å². The van der Waals surface area contributed by atoms with E-state index >= 15 is 0 Å². The third-order valence-electron chi connectivity index (χ3n) is 7.20. The molecule has 0 spiro atoms. The highest BCUT2D eigenvalue weighted by atomic mass is 32.3. The number of ether oxygens (including phenoxy) is 1. The lowest BCUT2D eigenvalue weighted by Gasteiger charge is -2.29. The van der Waals surface area contributed by atoms with Gasteiger partial charge in [-0.15, -0.1) is 8.57 Å². The quantitative estimate of drug-likeness (QED) is 0.0455. The van der Waals surface area contributed by atoms with E-state index in [9.17, 15) is 52.8 Å². The van der Waals surface area contributed by atoms with E-state index in [0.717, 1.165) is 16.1 Å². The van der Waals surface area contributed by atoms with Crippen molar-refractivity contribution in [2.24, 2.45) is 5.14 Å². The fraction of sp³-hybridized carbons (Fsp3) is 0.800. The number of hydroxylamine groups is 5. The summed E-state index contributed by atoms with van der Waals surface area (Å²) in [6, 6.07) is -4.60. The smallest absolute Gasteiger partial charge is 0.372 e. The van der Waals surface area contributed by atoms with E-state index < -0.39 is 89.0 Å². The van der Waals surface area contributed by atoms with Crippen LogP contribution in [0.5, 0.6) is 0 Å². The molecule has 4 aliphatic heterocycles. The van der Waals surface area contributed by atoms with Crippen LogP contribution in [-0.4, -0.2) is 163 Å². The summed E-state index contributed by atoms with van der Waals surface area (Å²) in [5, 5.41) is 5.79. The van der Waals surface area contributed by atoms with Gasteiger partial charge in [0.1, 0.15) is 12.6 Å². The Kier molecular flexibility index (Phi) is 13.8. The van der Waals surface area contributed by atoms with Crippen molar-refractivity contribution in [3.05, 3.63) is 0 Å². The lowest BCUT2D eigenvalue weighted by atomic mass is 9.98. The molecule has 0 aromatic heterocycles. The SMILES string of the molecule is CS(=O)(=O)NCCONC(=O)[C@@H]1CC[C@@H]2CN1C(=O)N2OS(=O)(=O)O.NS(=O)(=O)NCCOCC(=O)[C@@H]1CC[C@@H]2CN1C(=O)N2OS(=O)(=O)O. The van der Waals surface area contributed by atoms with Crippen LogP contribution in [0, 0.1) is 0 Å². The van der Waals surface area contributed by atoms with Gasteiger partial charge >= 0.3 is 32.9 Å². The number of rotatable bonds is 17. The molecule has 50 heavy (non-hydrogen) atoms. The van der Waals surface area contributed by atoms with Crippen LogP contribution >= 0.6 is 0 Å². The molecule has 0 saturated carbocycles.